The average molecular weight is 256 g/mol. The molecule has 2 aromatic rings. The molecule has 3 N–H and O–H groups in total. The lowest BCUT2D eigenvalue weighted by molar-refractivity contribution is 0.0735. The quantitative estimate of drug-likeness (QED) is 0.653. The van der Waals surface area contributed by atoms with Crippen molar-refractivity contribution in [3.05, 3.63) is 60.2 Å². The van der Waals surface area contributed by atoms with E-state index in [1.807, 2.05) is 0 Å². The topological polar surface area (TPSA) is 81.4 Å². The number of urea groups is 1. The maximum atomic E-state index is 11.9. The van der Waals surface area contributed by atoms with Gasteiger partial charge in [-0.1, -0.05) is 30.3 Å². The second-order valence-corrected chi connectivity index (χ2v) is 3.74. The molecule has 0 radical (unpaired) electrons. The summed E-state index contributed by atoms with van der Waals surface area (Å²) in [6.07, 6.45) is 0. The summed E-state index contributed by atoms with van der Waals surface area (Å²) >= 11 is 0. The molecule has 0 aliphatic rings. The summed E-state index contributed by atoms with van der Waals surface area (Å²) in [5.74, 6) is -0.255. The van der Waals surface area contributed by atoms with Gasteiger partial charge in [-0.05, 0) is 24.3 Å². The Kier molecular flexibility index (Phi) is 3.78. The molecule has 0 saturated carbocycles. The molecule has 96 valence electrons. The van der Waals surface area contributed by atoms with E-state index in [0.29, 0.717) is 11.3 Å². The lowest BCUT2D eigenvalue weighted by atomic mass is 10.2. The van der Waals surface area contributed by atoms with Crippen LogP contribution in [0, 0.1) is 0 Å². The van der Waals surface area contributed by atoms with Gasteiger partial charge in [-0.3, -0.25) is 0 Å². The van der Waals surface area contributed by atoms with Crippen LogP contribution in [0.4, 0.5) is 10.5 Å². The van der Waals surface area contributed by atoms with Gasteiger partial charge in [0.2, 0.25) is 0 Å². The first-order chi connectivity index (χ1) is 9.16. The minimum absolute atomic E-state index is 0.246. The summed E-state index contributed by atoms with van der Waals surface area (Å²) in [4.78, 5) is 22.7. The fraction of sp³-hybridized carbons (Fsp3) is 0. The Hall–Kier alpha value is -2.82. The van der Waals surface area contributed by atoms with Crippen molar-refractivity contribution >= 4 is 17.7 Å². The van der Waals surface area contributed by atoms with Gasteiger partial charge in [0.05, 0.1) is 11.3 Å². The smallest absolute Gasteiger partial charge is 0.343 e. The van der Waals surface area contributed by atoms with Gasteiger partial charge in [-0.2, -0.15) is 0 Å². The molecule has 0 aromatic heterocycles. The summed E-state index contributed by atoms with van der Waals surface area (Å²) < 4.78 is 5.22. The highest BCUT2D eigenvalue weighted by Gasteiger charge is 2.11. The number of nitrogens with two attached hydrogens (primary N) is 1. The average Bonchev–Trinajstić information content (AvgIpc) is 2.41. The number of nitrogens with one attached hydrogen (secondary N) is 1. The van der Waals surface area contributed by atoms with Crippen LogP contribution < -0.4 is 15.8 Å². The van der Waals surface area contributed by atoms with Crippen molar-refractivity contribution < 1.29 is 14.3 Å². The number of hydrogen-bond donors (Lipinski definition) is 2. The van der Waals surface area contributed by atoms with Gasteiger partial charge >= 0.3 is 12.0 Å². The van der Waals surface area contributed by atoms with Crippen LogP contribution in [-0.4, -0.2) is 12.0 Å². The number of rotatable bonds is 3. The number of hydrogen-bond acceptors (Lipinski definition) is 3. The summed E-state index contributed by atoms with van der Waals surface area (Å²) in [6, 6.07) is 14.4. The van der Waals surface area contributed by atoms with Crippen molar-refractivity contribution in [1.82, 2.24) is 0 Å². The second kappa shape index (κ2) is 5.68. The highest BCUT2D eigenvalue weighted by atomic mass is 16.5. The lowest BCUT2D eigenvalue weighted by Crippen LogP contribution is -2.20. The number of amides is 2. The molecular weight excluding hydrogens is 244 g/mol. The number of ether oxygens (including phenoxy) is 1. The number of carbonyl (C=O) groups excluding carboxylic acids is 2. The van der Waals surface area contributed by atoms with Crippen molar-refractivity contribution in [2.45, 2.75) is 0 Å². The van der Waals surface area contributed by atoms with Crippen LogP contribution in [0.15, 0.2) is 54.6 Å². The summed E-state index contributed by atoms with van der Waals surface area (Å²) in [7, 11) is 0. The van der Waals surface area contributed by atoms with Crippen LogP contribution in [0.1, 0.15) is 10.4 Å². The molecule has 0 fully saturated rings. The van der Waals surface area contributed by atoms with E-state index >= 15 is 0 Å². The van der Waals surface area contributed by atoms with E-state index in [1.54, 1.807) is 54.6 Å². The fourth-order valence-corrected chi connectivity index (χ4v) is 1.52. The first-order valence-corrected chi connectivity index (χ1v) is 5.59. The molecule has 2 rings (SSSR count). The van der Waals surface area contributed by atoms with E-state index in [1.165, 1.54) is 0 Å². The highest BCUT2D eigenvalue weighted by Crippen LogP contribution is 2.24. The number of anilines is 1. The number of benzene rings is 2. The molecule has 0 aliphatic heterocycles. The standard InChI is InChI=1S/C14H12N2O3/c15-14(18)16-11-8-4-5-9-12(11)19-13(17)10-6-2-1-3-7-10/h1-9H,(H3,15,16,18). The zero-order chi connectivity index (χ0) is 13.7. The van der Waals surface area contributed by atoms with Crippen LogP contribution in [0.3, 0.4) is 0 Å². The zero-order valence-corrected chi connectivity index (χ0v) is 10.00. The molecule has 5 nitrogen and oxygen atoms in total. The monoisotopic (exact) mass is 256 g/mol. The van der Waals surface area contributed by atoms with Gasteiger partial charge in [-0.15, -0.1) is 0 Å². The minimum Gasteiger partial charge on any atom is -0.421 e. The molecule has 0 heterocycles. The molecule has 2 aromatic carbocycles. The predicted octanol–water partition coefficient (Wildman–Crippen LogP) is 2.40. The molecule has 0 aliphatic carbocycles. The summed E-state index contributed by atoms with van der Waals surface area (Å²) in [6.45, 7) is 0. The van der Waals surface area contributed by atoms with Crippen molar-refractivity contribution in [2.24, 2.45) is 5.73 Å². The van der Waals surface area contributed by atoms with Crippen LogP contribution in [0.25, 0.3) is 0 Å². The number of primary amides is 1. The minimum atomic E-state index is -0.719. The van der Waals surface area contributed by atoms with E-state index in [0.717, 1.165) is 0 Å². The third-order valence-electron chi connectivity index (χ3n) is 2.36. The third kappa shape index (κ3) is 3.32. The molecule has 2 amide bonds. The molecule has 5 heteroatoms. The molecule has 0 atom stereocenters. The van der Waals surface area contributed by atoms with E-state index < -0.39 is 12.0 Å². The van der Waals surface area contributed by atoms with Crippen molar-refractivity contribution in [1.29, 1.82) is 0 Å². The van der Waals surface area contributed by atoms with E-state index in [9.17, 15) is 9.59 Å². The van der Waals surface area contributed by atoms with Gasteiger partial charge in [0.25, 0.3) is 0 Å². The van der Waals surface area contributed by atoms with Crippen LogP contribution in [0.5, 0.6) is 5.75 Å². The SMILES string of the molecule is NC(=O)Nc1ccccc1OC(=O)c1ccccc1. The van der Waals surface area contributed by atoms with Gasteiger partial charge in [0.15, 0.2) is 5.75 Å². The Balaban J connectivity index is 2.19. The number of esters is 1. The molecule has 0 unspecified atom stereocenters. The van der Waals surface area contributed by atoms with Crippen LogP contribution >= 0.6 is 0 Å². The van der Waals surface area contributed by atoms with E-state index in [4.69, 9.17) is 10.5 Å². The summed E-state index contributed by atoms with van der Waals surface area (Å²) in [5.41, 5.74) is 5.82. The van der Waals surface area contributed by atoms with E-state index in [2.05, 4.69) is 5.32 Å². The Morgan fingerprint density at radius 2 is 1.58 bits per heavy atom. The predicted molar refractivity (Wildman–Crippen MR) is 71.0 cm³/mol. The lowest BCUT2D eigenvalue weighted by Gasteiger charge is -2.09. The van der Waals surface area contributed by atoms with Crippen molar-refractivity contribution in [3.63, 3.8) is 0 Å². The highest BCUT2D eigenvalue weighted by molar-refractivity contribution is 5.94. The molecule has 19 heavy (non-hydrogen) atoms. The Morgan fingerprint density at radius 3 is 2.26 bits per heavy atom. The van der Waals surface area contributed by atoms with Crippen molar-refractivity contribution in [2.75, 3.05) is 5.32 Å². The fourth-order valence-electron chi connectivity index (χ4n) is 1.52. The van der Waals surface area contributed by atoms with Crippen LogP contribution in [0.2, 0.25) is 0 Å². The molecule has 0 saturated heterocycles. The Bertz CT molecular complexity index is 597. The number of carbonyl (C=O) groups is 2. The summed E-state index contributed by atoms with van der Waals surface area (Å²) in [5, 5.41) is 2.39. The Labute approximate surface area is 110 Å². The molecule has 0 spiro atoms. The second-order valence-electron chi connectivity index (χ2n) is 3.74. The normalized spacial score (nSPS) is 9.68. The van der Waals surface area contributed by atoms with E-state index in [-0.39, 0.29) is 5.75 Å². The zero-order valence-electron chi connectivity index (χ0n) is 10.00. The molecule has 0 bridgehead atoms. The number of para-hydroxylation sites is 2. The third-order valence-corrected chi connectivity index (χ3v) is 2.36. The maximum Gasteiger partial charge on any atom is 0.343 e. The van der Waals surface area contributed by atoms with Gasteiger partial charge < -0.3 is 15.8 Å². The van der Waals surface area contributed by atoms with Gasteiger partial charge in [-0.25, -0.2) is 9.59 Å². The van der Waals surface area contributed by atoms with Crippen LogP contribution in [-0.2, 0) is 0 Å². The van der Waals surface area contributed by atoms with Crippen molar-refractivity contribution in [3.8, 4) is 5.75 Å². The maximum absolute atomic E-state index is 11.9. The molecular formula is C14H12N2O3. The van der Waals surface area contributed by atoms with Gasteiger partial charge in [0, 0.05) is 0 Å². The first-order valence-electron chi connectivity index (χ1n) is 5.59. The largest absolute Gasteiger partial charge is 0.421 e. The van der Waals surface area contributed by atoms with Gasteiger partial charge in [0.1, 0.15) is 0 Å². The first kappa shape index (κ1) is 12.6. The Morgan fingerprint density at radius 1 is 0.947 bits per heavy atom.